The smallest absolute Gasteiger partial charge is 0.324 e. The lowest BCUT2D eigenvalue weighted by Crippen LogP contribution is -2.45. The maximum Gasteiger partial charge on any atom is 0.418 e. The third-order valence-corrected chi connectivity index (χ3v) is 2.71. The lowest BCUT2D eigenvalue weighted by Gasteiger charge is -2.26. The van der Waals surface area contributed by atoms with E-state index in [1.165, 1.54) is 18.2 Å². The van der Waals surface area contributed by atoms with E-state index < -0.39 is 29.1 Å². The largest absolute Gasteiger partial charge is 0.418 e. The van der Waals surface area contributed by atoms with Gasteiger partial charge in [-0.15, -0.1) is 0 Å². The number of hydrogen-bond donors (Lipinski definition) is 2. The molecule has 0 spiro atoms. The van der Waals surface area contributed by atoms with Crippen molar-refractivity contribution in [1.29, 1.82) is 0 Å². The zero-order chi connectivity index (χ0) is 14.8. The summed E-state index contributed by atoms with van der Waals surface area (Å²) in [6.07, 6.45) is -4.52. The van der Waals surface area contributed by atoms with E-state index in [1.54, 1.807) is 20.8 Å². The van der Waals surface area contributed by atoms with E-state index in [4.69, 9.17) is 5.73 Å². The maximum absolute atomic E-state index is 12.8. The molecule has 0 bridgehead atoms. The summed E-state index contributed by atoms with van der Waals surface area (Å²) in [7, 11) is 0. The Kier molecular flexibility index (Phi) is 4.25. The van der Waals surface area contributed by atoms with E-state index in [1.807, 2.05) is 0 Å². The van der Waals surface area contributed by atoms with E-state index in [2.05, 4.69) is 5.32 Å². The lowest BCUT2D eigenvalue weighted by molar-refractivity contribution is -0.137. The monoisotopic (exact) mass is 274 g/mol. The van der Waals surface area contributed by atoms with Gasteiger partial charge < -0.3 is 11.1 Å². The molecule has 0 aromatic heterocycles. The maximum atomic E-state index is 12.8. The van der Waals surface area contributed by atoms with Crippen molar-refractivity contribution in [2.75, 3.05) is 5.32 Å². The molecule has 3 N–H and O–H groups in total. The van der Waals surface area contributed by atoms with Gasteiger partial charge >= 0.3 is 6.18 Å². The number of rotatable bonds is 2. The van der Waals surface area contributed by atoms with Crippen molar-refractivity contribution < 1.29 is 18.0 Å². The molecule has 106 valence electrons. The van der Waals surface area contributed by atoms with Crippen molar-refractivity contribution in [3.8, 4) is 0 Å². The Bertz CT molecular complexity index is 464. The number of benzene rings is 1. The molecule has 0 aliphatic heterocycles. The molecule has 1 amide bonds. The highest BCUT2D eigenvalue weighted by atomic mass is 19.4. The third-order valence-electron chi connectivity index (χ3n) is 2.71. The fraction of sp³-hybridized carbons (Fsp3) is 0.462. The van der Waals surface area contributed by atoms with Crippen LogP contribution in [0.25, 0.3) is 0 Å². The SMILES string of the molecule is CC(C)(C)C(N)C(=O)Nc1ccccc1C(F)(F)F. The summed E-state index contributed by atoms with van der Waals surface area (Å²) >= 11 is 0. The van der Waals surface area contributed by atoms with E-state index in [-0.39, 0.29) is 5.69 Å². The molecule has 1 aromatic rings. The van der Waals surface area contributed by atoms with Crippen LogP contribution in [-0.2, 0) is 11.0 Å². The minimum Gasteiger partial charge on any atom is -0.324 e. The third kappa shape index (κ3) is 3.96. The number of halogens is 3. The molecule has 0 aliphatic rings. The van der Waals surface area contributed by atoms with Crippen LogP contribution in [0.15, 0.2) is 24.3 Å². The molecule has 1 rings (SSSR count). The van der Waals surface area contributed by atoms with E-state index >= 15 is 0 Å². The second kappa shape index (κ2) is 5.21. The molecule has 0 fully saturated rings. The summed E-state index contributed by atoms with van der Waals surface area (Å²) < 4.78 is 38.3. The quantitative estimate of drug-likeness (QED) is 0.871. The van der Waals surface area contributed by atoms with Crippen LogP contribution in [0.1, 0.15) is 26.3 Å². The molecule has 19 heavy (non-hydrogen) atoms. The molecule has 3 nitrogen and oxygen atoms in total. The number of carbonyl (C=O) groups is 1. The summed E-state index contributed by atoms with van der Waals surface area (Å²) in [5, 5.41) is 2.24. The first kappa shape index (κ1) is 15.5. The topological polar surface area (TPSA) is 55.1 Å². The van der Waals surface area contributed by atoms with Crippen molar-refractivity contribution in [3.63, 3.8) is 0 Å². The van der Waals surface area contributed by atoms with Crippen molar-refractivity contribution in [1.82, 2.24) is 0 Å². The summed E-state index contributed by atoms with van der Waals surface area (Å²) in [6.45, 7) is 5.23. The first-order valence-corrected chi connectivity index (χ1v) is 5.76. The summed E-state index contributed by atoms with van der Waals surface area (Å²) in [5.74, 6) is -0.635. The van der Waals surface area contributed by atoms with Crippen LogP contribution < -0.4 is 11.1 Å². The van der Waals surface area contributed by atoms with Gasteiger partial charge in [-0.3, -0.25) is 4.79 Å². The molecule has 0 radical (unpaired) electrons. The zero-order valence-corrected chi connectivity index (χ0v) is 11.0. The van der Waals surface area contributed by atoms with Crippen molar-refractivity contribution in [3.05, 3.63) is 29.8 Å². The Morgan fingerprint density at radius 3 is 2.21 bits per heavy atom. The first-order chi connectivity index (χ1) is 8.53. The van der Waals surface area contributed by atoms with Gasteiger partial charge in [0.2, 0.25) is 5.91 Å². The molecule has 0 saturated heterocycles. The minimum absolute atomic E-state index is 0.278. The van der Waals surface area contributed by atoms with E-state index in [0.717, 1.165) is 6.07 Å². The molecule has 0 saturated carbocycles. The molecule has 6 heteroatoms. The number of para-hydroxylation sites is 1. The predicted molar refractivity (Wildman–Crippen MR) is 67.5 cm³/mol. The van der Waals surface area contributed by atoms with Gasteiger partial charge in [-0.2, -0.15) is 13.2 Å². The Labute approximate surface area is 110 Å². The Hall–Kier alpha value is -1.56. The normalized spacial score (nSPS) is 14.1. The summed E-state index contributed by atoms with van der Waals surface area (Å²) in [5.41, 5.74) is 4.01. The van der Waals surface area contributed by atoms with E-state index in [0.29, 0.717) is 0 Å². The molecule has 1 unspecified atom stereocenters. The predicted octanol–water partition coefficient (Wildman–Crippen LogP) is 3.02. The second-order valence-electron chi connectivity index (χ2n) is 5.38. The van der Waals surface area contributed by atoms with Crippen LogP contribution in [0.5, 0.6) is 0 Å². The van der Waals surface area contributed by atoms with Gasteiger partial charge in [0.1, 0.15) is 0 Å². The Balaban J connectivity index is 2.99. The molecule has 0 aliphatic carbocycles. The van der Waals surface area contributed by atoms with Crippen molar-refractivity contribution >= 4 is 11.6 Å². The van der Waals surface area contributed by atoms with Crippen LogP contribution in [0.2, 0.25) is 0 Å². The van der Waals surface area contributed by atoms with E-state index in [9.17, 15) is 18.0 Å². The van der Waals surface area contributed by atoms with Crippen molar-refractivity contribution in [2.45, 2.75) is 33.0 Å². The Morgan fingerprint density at radius 2 is 1.74 bits per heavy atom. The number of amides is 1. The Morgan fingerprint density at radius 1 is 1.21 bits per heavy atom. The number of carbonyl (C=O) groups excluding carboxylic acids is 1. The highest BCUT2D eigenvalue weighted by Crippen LogP contribution is 2.34. The van der Waals surface area contributed by atoms with Crippen LogP contribution in [0.3, 0.4) is 0 Å². The average molecular weight is 274 g/mol. The lowest BCUT2D eigenvalue weighted by atomic mass is 9.87. The highest BCUT2D eigenvalue weighted by Gasteiger charge is 2.35. The average Bonchev–Trinajstić information content (AvgIpc) is 2.26. The van der Waals surface area contributed by atoms with Crippen LogP contribution in [0.4, 0.5) is 18.9 Å². The first-order valence-electron chi connectivity index (χ1n) is 5.76. The van der Waals surface area contributed by atoms with Gasteiger partial charge in [0.15, 0.2) is 0 Å². The summed E-state index contributed by atoms with van der Waals surface area (Å²) in [4.78, 5) is 11.8. The second-order valence-corrected chi connectivity index (χ2v) is 5.38. The van der Waals surface area contributed by atoms with Gasteiger partial charge in [-0.05, 0) is 17.5 Å². The number of alkyl halides is 3. The molecular formula is C13H17F3N2O. The van der Waals surface area contributed by atoms with Gasteiger partial charge in [0.25, 0.3) is 0 Å². The molecule has 0 heterocycles. The number of nitrogens with one attached hydrogen (secondary N) is 1. The van der Waals surface area contributed by atoms with Gasteiger partial charge in [0.05, 0.1) is 17.3 Å². The molecule has 1 aromatic carbocycles. The molecular weight excluding hydrogens is 257 g/mol. The summed E-state index contributed by atoms with van der Waals surface area (Å²) in [6, 6.07) is 3.91. The number of nitrogens with two attached hydrogens (primary N) is 1. The van der Waals surface area contributed by atoms with Crippen LogP contribution >= 0.6 is 0 Å². The van der Waals surface area contributed by atoms with Crippen LogP contribution in [-0.4, -0.2) is 11.9 Å². The van der Waals surface area contributed by atoms with Gasteiger partial charge in [-0.25, -0.2) is 0 Å². The fourth-order valence-electron chi connectivity index (χ4n) is 1.44. The van der Waals surface area contributed by atoms with Crippen molar-refractivity contribution in [2.24, 2.45) is 11.1 Å². The van der Waals surface area contributed by atoms with Crippen LogP contribution in [0, 0.1) is 5.41 Å². The minimum atomic E-state index is -4.52. The number of anilines is 1. The fourth-order valence-corrected chi connectivity index (χ4v) is 1.44. The highest BCUT2D eigenvalue weighted by molar-refractivity contribution is 5.95. The van der Waals surface area contributed by atoms with Gasteiger partial charge in [0, 0.05) is 0 Å². The zero-order valence-electron chi connectivity index (χ0n) is 11.0. The van der Waals surface area contributed by atoms with Gasteiger partial charge in [-0.1, -0.05) is 32.9 Å². The number of hydrogen-bond acceptors (Lipinski definition) is 2. The standard InChI is InChI=1S/C13H17F3N2O/c1-12(2,3)10(17)11(19)18-9-7-5-4-6-8(9)13(14,15)16/h4-7,10H,17H2,1-3H3,(H,18,19). The molecule has 1 atom stereocenters.